The van der Waals surface area contributed by atoms with Gasteiger partial charge in [-0.2, -0.15) is 0 Å². The third kappa shape index (κ3) is 2.92. The fourth-order valence-corrected chi connectivity index (χ4v) is 2.93. The Hall–Kier alpha value is -2.46. The Morgan fingerprint density at radius 2 is 1.91 bits per heavy atom. The Bertz CT molecular complexity index is 812. The summed E-state index contributed by atoms with van der Waals surface area (Å²) >= 11 is 1.61. The lowest BCUT2D eigenvalue weighted by molar-refractivity contribution is 0.102. The van der Waals surface area contributed by atoms with Crippen LogP contribution in [0.15, 0.2) is 60.0 Å². The Balaban J connectivity index is 1.90. The zero-order valence-electron chi connectivity index (χ0n) is 12.0. The summed E-state index contributed by atoms with van der Waals surface area (Å²) in [5, 5.41) is 4.85. The van der Waals surface area contributed by atoms with Gasteiger partial charge in [-0.05, 0) is 42.1 Å². The number of carbonyl (C=O) groups excluding carboxylic acids is 1. The summed E-state index contributed by atoms with van der Waals surface area (Å²) < 4.78 is 13.6. The van der Waals surface area contributed by atoms with Crippen LogP contribution < -0.4 is 5.32 Å². The number of nitrogens with one attached hydrogen (secondary N) is 1. The van der Waals surface area contributed by atoms with Gasteiger partial charge in [-0.3, -0.25) is 4.79 Å². The van der Waals surface area contributed by atoms with Crippen LogP contribution in [0.2, 0.25) is 0 Å². The minimum atomic E-state index is -0.376. The fourth-order valence-electron chi connectivity index (χ4n) is 2.17. The van der Waals surface area contributed by atoms with Gasteiger partial charge in [-0.15, -0.1) is 11.3 Å². The molecule has 2 aromatic carbocycles. The number of anilines is 1. The quantitative estimate of drug-likeness (QED) is 0.715. The van der Waals surface area contributed by atoms with Gasteiger partial charge in [0.2, 0.25) is 0 Å². The lowest BCUT2D eigenvalue weighted by atomic mass is 10.1. The first-order valence-corrected chi connectivity index (χ1v) is 7.73. The average molecular weight is 311 g/mol. The van der Waals surface area contributed by atoms with Gasteiger partial charge in [0.1, 0.15) is 5.82 Å². The first kappa shape index (κ1) is 14.5. The van der Waals surface area contributed by atoms with Gasteiger partial charge in [-0.1, -0.05) is 30.3 Å². The van der Waals surface area contributed by atoms with Crippen LogP contribution in [0.3, 0.4) is 0 Å². The van der Waals surface area contributed by atoms with Crippen LogP contribution in [-0.2, 0) is 0 Å². The number of benzene rings is 2. The Morgan fingerprint density at radius 1 is 1.09 bits per heavy atom. The van der Waals surface area contributed by atoms with Crippen molar-refractivity contribution in [1.29, 1.82) is 0 Å². The van der Waals surface area contributed by atoms with Gasteiger partial charge in [0.05, 0.1) is 0 Å². The van der Waals surface area contributed by atoms with Gasteiger partial charge in [0, 0.05) is 21.7 Å². The average Bonchev–Trinajstić information content (AvgIpc) is 3.04. The van der Waals surface area contributed by atoms with Gasteiger partial charge in [0.25, 0.3) is 5.91 Å². The lowest BCUT2D eigenvalue weighted by Crippen LogP contribution is -2.13. The number of halogens is 1. The van der Waals surface area contributed by atoms with Gasteiger partial charge >= 0.3 is 0 Å². The topological polar surface area (TPSA) is 29.1 Å². The number of aryl methyl sites for hydroxylation is 1. The summed E-state index contributed by atoms with van der Waals surface area (Å²) in [7, 11) is 0. The third-order valence-corrected chi connectivity index (χ3v) is 4.30. The van der Waals surface area contributed by atoms with Crippen molar-refractivity contribution in [2.45, 2.75) is 6.92 Å². The van der Waals surface area contributed by atoms with Crippen LogP contribution in [0.25, 0.3) is 10.4 Å². The zero-order valence-corrected chi connectivity index (χ0v) is 12.8. The van der Waals surface area contributed by atoms with Gasteiger partial charge in [-0.25, -0.2) is 4.39 Å². The van der Waals surface area contributed by atoms with Crippen molar-refractivity contribution in [1.82, 2.24) is 0 Å². The summed E-state index contributed by atoms with van der Waals surface area (Å²) in [6.45, 7) is 1.67. The number of carbonyl (C=O) groups is 1. The van der Waals surface area contributed by atoms with E-state index in [0.29, 0.717) is 11.1 Å². The van der Waals surface area contributed by atoms with Crippen molar-refractivity contribution >= 4 is 22.9 Å². The molecular formula is C18H14FNOS. The van der Waals surface area contributed by atoms with Crippen molar-refractivity contribution < 1.29 is 9.18 Å². The second-order valence-corrected chi connectivity index (χ2v) is 5.89. The fraction of sp³-hybridized carbons (Fsp3) is 0.0556. The number of hydrogen-bond donors (Lipinski definition) is 1. The number of hydrogen-bond acceptors (Lipinski definition) is 2. The smallest absolute Gasteiger partial charge is 0.255 e. The molecule has 0 aliphatic heterocycles. The molecule has 1 aromatic heterocycles. The van der Waals surface area contributed by atoms with E-state index in [1.165, 1.54) is 6.07 Å². The molecule has 0 atom stereocenters. The monoisotopic (exact) mass is 311 g/mol. The molecule has 0 unspecified atom stereocenters. The van der Waals surface area contributed by atoms with Crippen LogP contribution in [-0.4, -0.2) is 5.91 Å². The molecule has 22 heavy (non-hydrogen) atoms. The van der Waals surface area contributed by atoms with Crippen LogP contribution in [0.5, 0.6) is 0 Å². The molecule has 0 aliphatic carbocycles. The van der Waals surface area contributed by atoms with E-state index in [0.717, 1.165) is 16.1 Å². The molecule has 4 heteroatoms. The highest BCUT2D eigenvalue weighted by atomic mass is 32.1. The normalized spacial score (nSPS) is 10.5. The molecule has 0 radical (unpaired) electrons. The third-order valence-electron chi connectivity index (χ3n) is 3.40. The molecule has 0 bridgehead atoms. The van der Waals surface area contributed by atoms with Crippen molar-refractivity contribution in [3.63, 3.8) is 0 Å². The van der Waals surface area contributed by atoms with E-state index in [9.17, 15) is 9.18 Å². The Kier molecular flexibility index (Phi) is 4.02. The largest absolute Gasteiger partial charge is 0.321 e. The highest BCUT2D eigenvalue weighted by Gasteiger charge is 2.12. The lowest BCUT2D eigenvalue weighted by Gasteiger charge is -2.10. The van der Waals surface area contributed by atoms with E-state index in [-0.39, 0.29) is 11.7 Å². The Labute approximate surface area is 132 Å². The van der Waals surface area contributed by atoms with Crippen LogP contribution in [0, 0.1) is 12.7 Å². The summed E-state index contributed by atoms with van der Waals surface area (Å²) in [5.41, 5.74) is 2.51. The standard InChI is InChI=1S/C18H14FNOS/c1-12-8-9-13(11-15(12)19)18(21)20-16-6-3-2-5-14(16)17-7-4-10-22-17/h2-11H,1H3,(H,20,21). The van der Waals surface area contributed by atoms with Crippen molar-refractivity contribution in [3.8, 4) is 10.4 Å². The molecule has 3 aromatic rings. The van der Waals surface area contributed by atoms with Gasteiger partial charge in [0.15, 0.2) is 0 Å². The van der Waals surface area contributed by atoms with Crippen LogP contribution >= 0.6 is 11.3 Å². The maximum Gasteiger partial charge on any atom is 0.255 e. The predicted octanol–water partition coefficient (Wildman–Crippen LogP) is 5.11. The van der Waals surface area contributed by atoms with Gasteiger partial charge < -0.3 is 5.32 Å². The van der Waals surface area contributed by atoms with Crippen LogP contribution in [0.4, 0.5) is 10.1 Å². The molecular weight excluding hydrogens is 297 g/mol. The maximum absolute atomic E-state index is 13.6. The molecule has 1 amide bonds. The second kappa shape index (κ2) is 6.12. The second-order valence-electron chi connectivity index (χ2n) is 4.94. The van der Waals surface area contributed by atoms with Crippen LogP contribution in [0.1, 0.15) is 15.9 Å². The molecule has 3 rings (SSSR count). The molecule has 110 valence electrons. The molecule has 0 fully saturated rings. The maximum atomic E-state index is 13.6. The van der Waals surface area contributed by atoms with Crippen molar-refractivity contribution in [3.05, 3.63) is 76.9 Å². The summed E-state index contributed by atoms with van der Waals surface area (Å²) in [4.78, 5) is 13.4. The number of para-hydroxylation sites is 1. The summed E-state index contributed by atoms with van der Waals surface area (Å²) in [5.74, 6) is -0.693. The molecule has 1 N–H and O–H groups in total. The molecule has 1 heterocycles. The summed E-state index contributed by atoms with van der Waals surface area (Å²) in [6.07, 6.45) is 0. The predicted molar refractivity (Wildman–Crippen MR) is 88.8 cm³/mol. The number of amides is 1. The molecule has 2 nitrogen and oxygen atoms in total. The minimum Gasteiger partial charge on any atom is -0.321 e. The molecule has 0 saturated heterocycles. The van der Waals surface area contributed by atoms with Crippen molar-refractivity contribution in [2.24, 2.45) is 0 Å². The number of rotatable bonds is 3. The minimum absolute atomic E-state index is 0.309. The van der Waals surface area contributed by atoms with E-state index < -0.39 is 0 Å². The highest BCUT2D eigenvalue weighted by Crippen LogP contribution is 2.31. The van der Waals surface area contributed by atoms with E-state index in [1.807, 2.05) is 41.8 Å². The van der Waals surface area contributed by atoms with E-state index >= 15 is 0 Å². The molecule has 0 aliphatic rings. The first-order valence-electron chi connectivity index (χ1n) is 6.85. The molecule has 0 saturated carbocycles. The molecule has 0 spiro atoms. The van der Waals surface area contributed by atoms with E-state index in [1.54, 1.807) is 30.4 Å². The Morgan fingerprint density at radius 3 is 2.64 bits per heavy atom. The zero-order chi connectivity index (χ0) is 15.5. The SMILES string of the molecule is Cc1ccc(C(=O)Nc2ccccc2-c2cccs2)cc1F. The highest BCUT2D eigenvalue weighted by molar-refractivity contribution is 7.13. The first-order chi connectivity index (χ1) is 10.6. The van der Waals surface area contributed by atoms with E-state index in [2.05, 4.69) is 5.32 Å². The van der Waals surface area contributed by atoms with Crippen molar-refractivity contribution in [2.75, 3.05) is 5.32 Å². The van der Waals surface area contributed by atoms with E-state index in [4.69, 9.17) is 0 Å². The summed E-state index contributed by atoms with van der Waals surface area (Å²) in [6, 6.07) is 16.1. The number of thiophene rings is 1.